The first-order valence-electron chi connectivity index (χ1n) is 5.81. The van der Waals surface area contributed by atoms with E-state index in [1.165, 1.54) is 18.2 Å². The molecule has 3 N–H and O–H groups in total. The number of hydrogen-bond acceptors (Lipinski definition) is 5. The van der Waals surface area contributed by atoms with Gasteiger partial charge in [0.2, 0.25) is 10.0 Å². The Balaban J connectivity index is 2.21. The van der Waals surface area contributed by atoms with E-state index in [0.29, 0.717) is 17.0 Å². The van der Waals surface area contributed by atoms with Gasteiger partial charge in [0.1, 0.15) is 9.88 Å². The lowest BCUT2D eigenvalue weighted by Gasteiger charge is -2.08. The lowest BCUT2D eigenvalue weighted by molar-refractivity contribution is 0.377. The van der Waals surface area contributed by atoms with Gasteiger partial charge in [0, 0.05) is 11.6 Å². The Kier molecular flexibility index (Phi) is 4.62. The van der Waals surface area contributed by atoms with Gasteiger partial charge in [-0.15, -0.1) is 0 Å². The molecule has 21 heavy (non-hydrogen) atoms. The first-order chi connectivity index (χ1) is 9.79. The van der Waals surface area contributed by atoms with Crippen molar-refractivity contribution in [1.82, 2.24) is 9.88 Å². The summed E-state index contributed by atoms with van der Waals surface area (Å²) >= 11 is 10.8. The van der Waals surface area contributed by atoms with Crippen LogP contribution in [0.1, 0.15) is 17.0 Å². The summed E-state index contributed by atoms with van der Waals surface area (Å²) in [4.78, 5) is 0.0892. The summed E-state index contributed by atoms with van der Waals surface area (Å²) in [6.07, 6.45) is 0. The third kappa shape index (κ3) is 3.79. The average molecular weight is 346 g/mol. The van der Waals surface area contributed by atoms with Gasteiger partial charge >= 0.3 is 0 Å². The monoisotopic (exact) mass is 345 g/mol. The molecule has 0 saturated carbocycles. The fourth-order valence-electron chi connectivity index (χ4n) is 1.62. The highest BCUT2D eigenvalue weighted by Crippen LogP contribution is 2.23. The van der Waals surface area contributed by atoms with Crippen molar-refractivity contribution in [2.45, 2.75) is 18.4 Å². The van der Waals surface area contributed by atoms with Crippen LogP contribution in [0.25, 0.3) is 0 Å². The third-order valence-corrected chi connectivity index (χ3v) is 4.74. The topological polar surface area (TPSA) is 98.2 Å². The molecule has 2 aromatic rings. The Morgan fingerprint density at radius 2 is 2.19 bits per heavy atom. The molecular formula is C12H12ClN3O3S2. The Labute approximate surface area is 132 Å². The Bertz CT molecular complexity index is 787. The molecule has 0 radical (unpaired) electrons. The smallest absolute Gasteiger partial charge is 0.242 e. The molecule has 0 unspecified atom stereocenters. The molecule has 0 amide bonds. The zero-order valence-electron chi connectivity index (χ0n) is 11.0. The van der Waals surface area contributed by atoms with Crippen molar-refractivity contribution in [3.63, 3.8) is 0 Å². The predicted octanol–water partition coefficient (Wildman–Crippen LogP) is 1.75. The van der Waals surface area contributed by atoms with Crippen LogP contribution in [0.3, 0.4) is 0 Å². The number of sulfonamides is 1. The lowest BCUT2D eigenvalue weighted by Crippen LogP contribution is -2.23. The zero-order valence-corrected chi connectivity index (χ0v) is 13.3. The summed E-state index contributed by atoms with van der Waals surface area (Å²) in [5.41, 5.74) is 6.64. The van der Waals surface area contributed by atoms with Crippen LogP contribution in [-0.2, 0) is 16.6 Å². The molecule has 0 fully saturated rings. The Hall–Kier alpha value is -1.48. The Morgan fingerprint density at radius 3 is 2.71 bits per heavy atom. The summed E-state index contributed by atoms with van der Waals surface area (Å²) in [7, 11) is -3.78. The van der Waals surface area contributed by atoms with E-state index in [9.17, 15) is 8.42 Å². The summed E-state index contributed by atoms with van der Waals surface area (Å²) in [5.74, 6) is 0.409. The van der Waals surface area contributed by atoms with Gasteiger partial charge < -0.3 is 10.3 Å². The second-order valence-electron chi connectivity index (χ2n) is 4.27. The van der Waals surface area contributed by atoms with E-state index in [1.54, 1.807) is 13.0 Å². The largest absolute Gasteiger partial charge is 0.389 e. The number of nitrogens with two attached hydrogens (primary N) is 1. The molecule has 0 spiro atoms. The number of aromatic nitrogens is 1. The van der Waals surface area contributed by atoms with Crippen molar-refractivity contribution >= 4 is 38.8 Å². The number of nitrogens with one attached hydrogen (secondary N) is 1. The number of halogens is 1. The number of rotatable bonds is 5. The van der Waals surface area contributed by atoms with Gasteiger partial charge in [-0.3, -0.25) is 0 Å². The van der Waals surface area contributed by atoms with Crippen LogP contribution >= 0.6 is 23.8 Å². The zero-order chi connectivity index (χ0) is 15.6. The van der Waals surface area contributed by atoms with Gasteiger partial charge in [-0.25, -0.2) is 13.1 Å². The van der Waals surface area contributed by atoms with E-state index in [2.05, 4.69) is 9.88 Å². The highest BCUT2D eigenvalue weighted by molar-refractivity contribution is 7.89. The molecule has 1 heterocycles. The minimum absolute atomic E-state index is 0.0173. The molecule has 0 atom stereocenters. The maximum absolute atomic E-state index is 12.2. The van der Waals surface area contributed by atoms with Crippen molar-refractivity contribution < 1.29 is 12.9 Å². The normalized spacial score (nSPS) is 11.5. The first kappa shape index (κ1) is 15.9. The van der Waals surface area contributed by atoms with Crippen LogP contribution in [0.4, 0.5) is 0 Å². The molecule has 6 nitrogen and oxygen atoms in total. The summed E-state index contributed by atoms with van der Waals surface area (Å²) in [6, 6.07) is 5.91. The fourth-order valence-corrected chi connectivity index (χ4v) is 3.28. The molecule has 0 bridgehead atoms. The number of thiocarbonyl (C=S) groups is 1. The van der Waals surface area contributed by atoms with Crippen molar-refractivity contribution in [3.05, 3.63) is 46.3 Å². The molecule has 0 aliphatic carbocycles. The van der Waals surface area contributed by atoms with Gasteiger partial charge in [-0.05, 0) is 19.1 Å². The van der Waals surface area contributed by atoms with Gasteiger partial charge in [0.25, 0.3) is 0 Å². The van der Waals surface area contributed by atoms with Crippen LogP contribution in [-0.4, -0.2) is 18.6 Å². The summed E-state index contributed by atoms with van der Waals surface area (Å²) in [6.45, 7) is 1.73. The van der Waals surface area contributed by atoms with Gasteiger partial charge in [-0.2, -0.15) is 0 Å². The van der Waals surface area contributed by atoms with E-state index in [4.69, 9.17) is 34.1 Å². The predicted molar refractivity (Wildman–Crippen MR) is 82.6 cm³/mol. The first-order valence-corrected chi connectivity index (χ1v) is 8.08. The molecular weight excluding hydrogens is 334 g/mol. The van der Waals surface area contributed by atoms with Gasteiger partial charge in [0.15, 0.2) is 5.76 Å². The molecule has 0 saturated heterocycles. The fraction of sp³-hybridized carbons (Fsp3) is 0.167. The summed E-state index contributed by atoms with van der Waals surface area (Å²) < 4.78 is 31.7. The average Bonchev–Trinajstić information content (AvgIpc) is 2.82. The highest BCUT2D eigenvalue weighted by atomic mass is 35.5. The van der Waals surface area contributed by atoms with E-state index >= 15 is 0 Å². The molecule has 9 heteroatoms. The Morgan fingerprint density at radius 1 is 1.48 bits per heavy atom. The lowest BCUT2D eigenvalue weighted by atomic mass is 10.2. The molecule has 2 rings (SSSR count). The van der Waals surface area contributed by atoms with E-state index in [1.807, 2.05) is 0 Å². The minimum atomic E-state index is -3.78. The minimum Gasteiger partial charge on any atom is -0.389 e. The van der Waals surface area contributed by atoms with Crippen molar-refractivity contribution in [1.29, 1.82) is 0 Å². The molecule has 1 aromatic carbocycles. The second-order valence-corrected chi connectivity index (χ2v) is 6.85. The van der Waals surface area contributed by atoms with E-state index in [0.717, 1.165) is 0 Å². The van der Waals surface area contributed by atoms with E-state index < -0.39 is 10.0 Å². The molecule has 112 valence electrons. The molecule has 0 aliphatic heterocycles. The van der Waals surface area contributed by atoms with Gasteiger partial charge in [-0.1, -0.05) is 35.0 Å². The van der Waals surface area contributed by atoms with Crippen molar-refractivity contribution in [3.8, 4) is 0 Å². The maximum Gasteiger partial charge on any atom is 0.242 e. The molecule has 0 aliphatic rings. The summed E-state index contributed by atoms with van der Waals surface area (Å²) in [5, 5.41) is 3.72. The van der Waals surface area contributed by atoms with Crippen LogP contribution < -0.4 is 10.5 Å². The standard InChI is InChI=1S/C12H12ClN3O3S2/c1-7-4-9(19-16-7)6-15-21(17,18)11-3-2-8(12(14)20)5-10(11)13/h2-5,15H,6H2,1H3,(H2,14,20). The quantitative estimate of drug-likeness (QED) is 0.801. The number of nitrogens with zero attached hydrogens (tertiary/aromatic N) is 1. The van der Waals surface area contributed by atoms with Gasteiger partial charge in [0.05, 0.1) is 17.3 Å². The van der Waals surface area contributed by atoms with Crippen molar-refractivity contribution in [2.75, 3.05) is 0 Å². The molecule has 1 aromatic heterocycles. The SMILES string of the molecule is Cc1cc(CNS(=O)(=O)c2ccc(C(N)=S)cc2Cl)on1. The van der Waals surface area contributed by atoms with Crippen LogP contribution in [0.2, 0.25) is 5.02 Å². The van der Waals surface area contributed by atoms with E-state index in [-0.39, 0.29) is 21.5 Å². The second kappa shape index (κ2) is 6.10. The number of benzene rings is 1. The van der Waals surface area contributed by atoms with Crippen LogP contribution in [0.5, 0.6) is 0 Å². The maximum atomic E-state index is 12.2. The highest BCUT2D eigenvalue weighted by Gasteiger charge is 2.19. The third-order valence-electron chi connectivity index (χ3n) is 2.62. The van der Waals surface area contributed by atoms with Crippen LogP contribution in [0.15, 0.2) is 33.7 Å². The van der Waals surface area contributed by atoms with Crippen LogP contribution in [0, 0.1) is 6.92 Å². The number of hydrogen-bond donors (Lipinski definition) is 2. The number of aryl methyl sites for hydroxylation is 1. The van der Waals surface area contributed by atoms with Crippen molar-refractivity contribution in [2.24, 2.45) is 5.73 Å².